The van der Waals surface area contributed by atoms with E-state index in [2.05, 4.69) is 13.0 Å². The van der Waals surface area contributed by atoms with Gasteiger partial charge in [0, 0.05) is 12.3 Å². The molecule has 2 saturated heterocycles. The highest BCUT2D eigenvalue weighted by Crippen LogP contribution is 2.56. The van der Waals surface area contributed by atoms with E-state index in [0.717, 1.165) is 6.42 Å². The summed E-state index contributed by atoms with van der Waals surface area (Å²) in [7, 11) is 0. The fourth-order valence-electron chi connectivity index (χ4n) is 4.94. The van der Waals surface area contributed by atoms with E-state index in [1.54, 1.807) is 0 Å². The lowest BCUT2D eigenvalue weighted by Crippen LogP contribution is -2.63. The molecule has 0 aromatic rings. The predicted molar refractivity (Wildman–Crippen MR) is 85.7 cm³/mol. The van der Waals surface area contributed by atoms with Crippen LogP contribution in [0.3, 0.4) is 0 Å². The third-order valence-corrected chi connectivity index (χ3v) is 6.11. The molecular weight excluding hydrogens is 308 g/mol. The number of hydrogen-bond donors (Lipinski definition) is 1. The molecule has 1 spiro atoms. The number of Topliss-reactive ketones (excluding diaryl/α,β-unsaturated/α-hetero) is 1. The SMILES string of the molecule is C[C@@H]1C/C=C/C2[C@H](O)C3OC4=C(C(=O)O[C@@]42C[C@H]3C)C(=O)[C@H](C)C1. The van der Waals surface area contributed by atoms with Crippen LogP contribution in [0.25, 0.3) is 0 Å². The van der Waals surface area contributed by atoms with E-state index >= 15 is 0 Å². The number of aliphatic hydroxyl groups is 1. The Bertz CT molecular complexity index is 663. The maximum absolute atomic E-state index is 12.9. The molecule has 1 N–H and O–H groups in total. The van der Waals surface area contributed by atoms with Gasteiger partial charge >= 0.3 is 5.97 Å². The van der Waals surface area contributed by atoms with Gasteiger partial charge in [0.2, 0.25) is 0 Å². The van der Waals surface area contributed by atoms with Crippen LogP contribution in [0.1, 0.15) is 40.0 Å². The van der Waals surface area contributed by atoms with Gasteiger partial charge in [-0.25, -0.2) is 4.79 Å². The Morgan fingerprint density at radius 3 is 2.75 bits per heavy atom. The summed E-state index contributed by atoms with van der Waals surface area (Å²) in [4.78, 5) is 25.5. The van der Waals surface area contributed by atoms with Crippen LogP contribution < -0.4 is 0 Å². The molecule has 7 atom stereocenters. The highest BCUT2D eigenvalue weighted by Gasteiger charge is 2.67. The summed E-state index contributed by atoms with van der Waals surface area (Å²) in [6, 6.07) is 0. The summed E-state index contributed by atoms with van der Waals surface area (Å²) >= 11 is 0. The Hall–Kier alpha value is -1.62. The number of aliphatic hydroxyl groups excluding tert-OH is 1. The molecule has 5 aliphatic rings. The second-order valence-corrected chi connectivity index (χ2v) is 8.03. The third kappa shape index (κ3) is 1.97. The molecule has 5 nitrogen and oxygen atoms in total. The zero-order chi connectivity index (χ0) is 17.2. The van der Waals surface area contributed by atoms with Gasteiger partial charge in [0.05, 0.1) is 5.92 Å². The van der Waals surface area contributed by atoms with Crippen molar-refractivity contribution in [2.24, 2.45) is 23.7 Å². The van der Waals surface area contributed by atoms with Crippen LogP contribution in [0, 0.1) is 23.7 Å². The third-order valence-electron chi connectivity index (χ3n) is 6.11. The highest BCUT2D eigenvalue weighted by molar-refractivity contribution is 6.20. The van der Waals surface area contributed by atoms with Gasteiger partial charge < -0.3 is 14.6 Å². The second-order valence-electron chi connectivity index (χ2n) is 8.03. The monoisotopic (exact) mass is 332 g/mol. The Morgan fingerprint density at radius 2 is 2.00 bits per heavy atom. The normalized spacial score (nSPS) is 48.7. The Morgan fingerprint density at radius 1 is 1.25 bits per heavy atom. The lowest BCUT2D eigenvalue weighted by atomic mass is 9.64. The smallest absolute Gasteiger partial charge is 0.346 e. The second kappa shape index (κ2) is 5.19. The van der Waals surface area contributed by atoms with Crippen molar-refractivity contribution in [3.05, 3.63) is 23.5 Å². The van der Waals surface area contributed by atoms with Crippen LogP contribution in [0.4, 0.5) is 0 Å². The molecule has 24 heavy (non-hydrogen) atoms. The molecule has 3 aliphatic heterocycles. The predicted octanol–water partition coefficient (Wildman–Crippen LogP) is 2.14. The molecule has 1 saturated carbocycles. The van der Waals surface area contributed by atoms with Crippen LogP contribution in [0.2, 0.25) is 0 Å². The average molecular weight is 332 g/mol. The van der Waals surface area contributed by atoms with Crippen molar-refractivity contribution in [1.29, 1.82) is 0 Å². The fourth-order valence-corrected chi connectivity index (χ4v) is 4.94. The van der Waals surface area contributed by atoms with Crippen molar-refractivity contribution in [1.82, 2.24) is 0 Å². The number of ketones is 1. The van der Waals surface area contributed by atoms with Crippen LogP contribution in [0.15, 0.2) is 23.5 Å². The van der Waals surface area contributed by atoms with Gasteiger partial charge in [0.15, 0.2) is 17.1 Å². The molecule has 3 heterocycles. The van der Waals surface area contributed by atoms with Gasteiger partial charge in [-0.05, 0) is 24.7 Å². The zero-order valence-corrected chi connectivity index (χ0v) is 14.3. The maximum Gasteiger partial charge on any atom is 0.346 e. The molecule has 0 radical (unpaired) electrons. The Kier molecular flexibility index (Phi) is 3.43. The fraction of sp³-hybridized carbons (Fsp3) is 0.684. The molecule has 3 fully saturated rings. The Labute approximate surface area is 141 Å². The van der Waals surface area contributed by atoms with Crippen molar-refractivity contribution in [2.45, 2.75) is 57.8 Å². The van der Waals surface area contributed by atoms with E-state index < -0.39 is 23.8 Å². The summed E-state index contributed by atoms with van der Waals surface area (Å²) < 4.78 is 11.7. The van der Waals surface area contributed by atoms with E-state index in [1.165, 1.54) is 0 Å². The quantitative estimate of drug-likeness (QED) is 0.418. The van der Waals surface area contributed by atoms with Crippen molar-refractivity contribution in [2.75, 3.05) is 0 Å². The van der Waals surface area contributed by atoms with E-state index in [-0.39, 0.29) is 29.1 Å². The van der Waals surface area contributed by atoms with Crippen LogP contribution in [-0.4, -0.2) is 34.7 Å². The van der Waals surface area contributed by atoms with Gasteiger partial charge in [-0.15, -0.1) is 0 Å². The van der Waals surface area contributed by atoms with Crippen molar-refractivity contribution in [3.63, 3.8) is 0 Å². The van der Waals surface area contributed by atoms with Crippen molar-refractivity contribution < 1.29 is 24.2 Å². The van der Waals surface area contributed by atoms with E-state index in [4.69, 9.17) is 9.47 Å². The topological polar surface area (TPSA) is 72.8 Å². The number of carbonyl (C=O) groups is 2. The molecule has 5 rings (SSSR count). The molecule has 2 aliphatic carbocycles. The summed E-state index contributed by atoms with van der Waals surface area (Å²) in [5, 5.41) is 10.7. The molecule has 0 aromatic carbocycles. The van der Waals surface area contributed by atoms with Gasteiger partial charge in [0.25, 0.3) is 0 Å². The minimum absolute atomic E-state index is 0.0668. The largest absolute Gasteiger partial charge is 0.486 e. The first-order valence-corrected chi connectivity index (χ1v) is 8.89. The molecule has 2 unspecified atom stereocenters. The first-order chi connectivity index (χ1) is 11.3. The van der Waals surface area contributed by atoms with E-state index in [9.17, 15) is 14.7 Å². The lowest BCUT2D eigenvalue weighted by molar-refractivity contribution is -0.220. The number of allylic oxidation sites excluding steroid dienone is 1. The van der Waals surface area contributed by atoms with Gasteiger partial charge in [-0.1, -0.05) is 32.9 Å². The van der Waals surface area contributed by atoms with E-state index in [0.29, 0.717) is 24.5 Å². The standard InChI is InChI=1S/C19H24O5/c1-9-5-4-6-12-15(21)16-11(3)8-19(12)17(23-16)13(18(22)24-19)14(20)10(2)7-9/h4,6,9-12,15-16,21H,5,7-8H2,1-3H3/b6-4+/t9-,10-,11-,12?,15+,16?,19-/m1/s1. The summed E-state index contributed by atoms with van der Waals surface area (Å²) in [6.45, 7) is 5.96. The van der Waals surface area contributed by atoms with Gasteiger partial charge in [0.1, 0.15) is 17.8 Å². The van der Waals surface area contributed by atoms with Gasteiger partial charge in [-0.3, -0.25) is 4.79 Å². The average Bonchev–Trinajstić information content (AvgIpc) is 2.79. The summed E-state index contributed by atoms with van der Waals surface area (Å²) in [5.41, 5.74) is -0.932. The van der Waals surface area contributed by atoms with Crippen LogP contribution >= 0.6 is 0 Å². The number of fused-ring (bicyclic) bond motifs is 1. The zero-order valence-electron chi connectivity index (χ0n) is 14.3. The number of hydrogen-bond acceptors (Lipinski definition) is 5. The first-order valence-electron chi connectivity index (χ1n) is 8.89. The van der Waals surface area contributed by atoms with Crippen LogP contribution in [0.5, 0.6) is 0 Å². The number of carbonyl (C=O) groups excluding carboxylic acids is 2. The Balaban J connectivity index is 1.90. The highest BCUT2D eigenvalue weighted by atomic mass is 16.6. The minimum atomic E-state index is -1.01. The molecule has 130 valence electrons. The van der Waals surface area contributed by atoms with E-state index in [1.807, 2.05) is 19.9 Å². The molecule has 0 aromatic heterocycles. The lowest BCUT2D eigenvalue weighted by Gasteiger charge is -2.54. The summed E-state index contributed by atoms with van der Waals surface area (Å²) in [5.74, 6) is -0.590. The minimum Gasteiger partial charge on any atom is -0.486 e. The molecule has 5 bridgehead atoms. The van der Waals surface area contributed by atoms with Crippen molar-refractivity contribution in [3.8, 4) is 0 Å². The molecule has 5 heteroatoms. The maximum atomic E-state index is 12.9. The van der Waals surface area contributed by atoms with Crippen LogP contribution in [-0.2, 0) is 19.1 Å². The number of rotatable bonds is 0. The van der Waals surface area contributed by atoms with Gasteiger partial charge in [-0.2, -0.15) is 0 Å². The number of ether oxygens (including phenoxy) is 2. The molecule has 0 amide bonds. The van der Waals surface area contributed by atoms with Crippen molar-refractivity contribution >= 4 is 11.8 Å². The first kappa shape index (κ1) is 15.9. The molecular formula is C19H24O5. The summed E-state index contributed by atoms with van der Waals surface area (Å²) in [6.07, 6.45) is 5.05. The number of esters is 1.